The van der Waals surface area contributed by atoms with Crippen molar-refractivity contribution in [3.63, 3.8) is 0 Å². The summed E-state index contributed by atoms with van der Waals surface area (Å²) in [7, 11) is 0. The second kappa shape index (κ2) is 36.9. The summed E-state index contributed by atoms with van der Waals surface area (Å²) in [6, 6.07) is 210. The molecule has 26 rings (SSSR count). The van der Waals surface area contributed by atoms with Gasteiger partial charge in [0.1, 0.15) is 0 Å². The molecule has 0 bridgehead atoms. The van der Waals surface area contributed by atoms with Gasteiger partial charge >= 0.3 is 545 Å². The van der Waals surface area contributed by atoms with Crippen molar-refractivity contribution < 1.29 is 0 Å². The number of para-hydroxylation sites is 6. The summed E-state index contributed by atoms with van der Waals surface area (Å²) in [5.74, 6) is 0.00301. The maximum Gasteiger partial charge on any atom is -0.0581 e. The maximum absolute atomic E-state index is 3.42. The topological polar surface area (TPSA) is 19.7 Å². The molecule has 0 saturated carbocycles. The van der Waals surface area contributed by atoms with E-state index in [9.17, 15) is 0 Å². The van der Waals surface area contributed by atoms with Crippen LogP contribution in [0.15, 0.2) is 564 Å². The Morgan fingerprint density at radius 1 is 0.142 bits per heavy atom. The van der Waals surface area contributed by atoms with Gasteiger partial charge in [-0.25, -0.2) is 0 Å². The van der Waals surface area contributed by atoms with Crippen molar-refractivity contribution in [1.29, 1.82) is 0 Å². The number of fused-ring (bicyclic) bond motifs is 12. The molecule has 22 aromatic carbocycles. The monoisotopic (exact) mass is 1920 g/mol. The third-order valence-electron chi connectivity index (χ3n) is 29.4. The molecule has 4 heterocycles. The van der Waals surface area contributed by atoms with Crippen molar-refractivity contribution >= 4 is 149 Å². The van der Waals surface area contributed by atoms with Gasteiger partial charge in [0, 0.05) is 32.9 Å². The van der Waals surface area contributed by atoms with Crippen molar-refractivity contribution in [2.75, 3.05) is 0 Å². The molecule has 141 heavy (non-hydrogen) atoms. The first-order chi connectivity index (χ1) is 69.9. The smallest absolute Gasteiger partial charge is 0.0581 e. The van der Waals surface area contributed by atoms with E-state index in [2.05, 4.69) is 589 Å². The van der Waals surface area contributed by atoms with Gasteiger partial charge < -0.3 is 9.13 Å². The Bertz CT molecular complexity index is 8840. The molecule has 2 atom stereocenters. The van der Waals surface area contributed by atoms with Crippen molar-refractivity contribution in [3.8, 4) is 45.0 Å². The normalized spacial score (nSPS) is 12.2. The summed E-state index contributed by atoms with van der Waals surface area (Å²) in [6.45, 7) is 2.17. The van der Waals surface area contributed by atoms with Gasteiger partial charge in [-0.15, -0.1) is 0 Å². The van der Waals surface area contributed by atoms with E-state index in [1.807, 2.05) is 0 Å². The second-order valence-corrected chi connectivity index (χ2v) is 53.3. The fourth-order valence-corrected chi connectivity index (χ4v) is 43.0. The fourth-order valence-electron chi connectivity index (χ4n) is 23.1. The van der Waals surface area contributed by atoms with Gasteiger partial charge in [-0.1, -0.05) is 157 Å². The number of hydrogen-bond acceptors (Lipinski definition) is 0. The zero-order valence-electron chi connectivity index (χ0n) is 78.1. The van der Waals surface area contributed by atoms with E-state index in [0.717, 1.165) is 11.4 Å². The summed E-state index contributed by atoms with van der Waals surface area (Å²) >= 11 is -6.83. The molecule has 0 N–H and O–H groups in total. The number of aromatic nitrogens is 4. The molecule has 2 unspecified atom stereocenters. The van der Waals surface area contributed by atoms with Crippen molar-refractivity contribution in [1.82, 2.24) is 18.3 Å². The largest absolute Gasteiger partial charge is 0.0620 e. The van der Waals surface area contributed by atoms with Crippen molar-refractivity contribution in [3.05, 3.63) is 603 Å². The minimum absolute atomic E-state index is 0.00109. The Kier molecular flexibility index (Phi) is 22.4. The Hall–Kier alpha value is -16.9. The quantitative estimate of drug-likeness (QED) is 0.0535. The minimum Gasteiger partial charge on any atom is -0.0620 e. The molecule has 0 saturated heterocycles. The molecule has 666 valence electrons. The summed E-state index contributed by atoms with van der Waals surface area (Å²) in [5, 5.41) is 9.98. The average molecular weight is 1920 g/mol. The molecule has 0 aliphatic carbocycles. The van der Waals surface area contributed by atoms with Crippen LogP contribution in [0.3, 0.4) is 0 Å². The first kappa shape index (κ1) is 85.8. The summed E-state index contributed by atoms with van der Waals surface area (Å²) < 4.78 is 21.0. The molecular weight excluding hydrogens is 1820 g/mol. The predicted molar refractivity (Wildman–Crippen MR) is 601 cm³/mol. The predicted octanol–water partition coefficient (Wildman–Crippen LogP) is 28.5. The van der Waals surface area contributed by atoms with Crippen LogP contribution in [-0.4, -0.2) is 44.8 Å². The molecule has 0 aliphatic rings. The Morgan fingerprint density at radius 3 is 0.610 bits per heavy atom. The van der Waals surface area contributed by atoms with Crippen LogP contribution in [0.2, 0.25) is 0 Å². The van der Waals surface area contributed by atoms with Gasteiger partial charge in [-0.05, 0) is 67.6 Å². The van der Waals surface area contributed by atoms with Crippen LogP contribution in [0.4, 0.5) is 0 Å². The van der Waals surface area contributed by atoms with Gasteiger partial charge in [-0.2, -0.15) is 0 Å². The van der Waals surface area contributed by atoms with Gasteiger partial charge in [0.2, 0.25) is 0 Å². The summed E-state index contributed by atoms with van der Waals surface area (Å²) in [5.41, 5.74) is 27.9. The van der Waals surface area contributed by atoms with Crippen LogP contribution in [0.1, 0.15) is 50.8 Å². The Labute approximate surface area is 827 Å². The zero-order chi connectivity index (χ0) is 93.7. The first-order valence-corrected chi connectivity index (χ1v) is 57.4. The van der Waals surface area contributed by atoms with Gasteiger partial charge in [-0.3, -0.25) is 0 Å². The molecule has 4 nitrogen and oxygen atoms in total. The molecule has 0 fully saturated rings. The van der Waals surface area contributed by atoms with Gasteiger partial charge in [0.05, 0.1) is 22.1 Å². The van der Waals surface area contributed by atoms with E-state index in [1.54, 1.807) is 0 Å². The SMILES string of the molecule is Cc1ccc(C(c2ccc3c(c2)c2ccccc2n3-c2ccccc2)c2ccc3c(c2)c2cc(-c4cc[c]([Ge]([c]5ccccc5)([c]5ccccc5)[c]5ccccc5)cc4)ccc2n3-c2ccccc2)cc1.c1ccc(C(c2ccc3c(c2)c2ccccc2n3-c2ccccc2)c2ccc3c(c2)c2cc(-c4cc[c]([Ge]([c]5ccccc5)([c]5ccccc5)[c]5ccccc5)cc4)ccc2n3-c2ccccc2)cc1. The molecular formula is C135H98Ge2N4. The molecule has 0 aliphatic heterocycles. The molecule has 4 aromatic heterocycles. The third kappa shape index (κ3) is 15.2. The minimum atomic E-state index is -3.42. The second-order valence-electron chi connectivity index (χ2n) is 37.3. The number of aryl methyl sites for hydroxylation is 1. The van der Waals surface area contributed by atoms with E-state index in [4.69, 9.17) is 0 Å². The van der Waals surface area contributed by atoms with E-state index in [1.165, 1.54) is 195 Å². The molecule has 0 radical (unpaired) electrons. The van der Waals surface area contributed by atoms with Crippen LogP contribution in [0.5, 0.6) is 0 Å². The zero-order valence-corrected chi connectivity index (χ0v) is 82.3. The third-order valence-corrected chi connectivity index (χ3v) is 49.6. The van der Waals surface area contributed by atoms with Crippen LogP contribution in [0, 0.1) is 6.92 Å². The number of benzene rings is 22. The Balaban J connectivity index is 0.000000149. The molecule has 0 amide bonds. The van der Waals surface area contributed by atoms with Crippen LogP contribution in [-0.2, 0) is 0 Å². The van der Waals surface area contributed by atoms with Gasteiger partial charge in [0.15, 0.2) is 0 Å². The summed E-state index contributed by atoms with van der Waals surface area (Å²) in [4.78, 5) is 0. The average Bonchev–Trinajstić information content (AvgIpc) is 1.73. The van der Waals surface area contributed by atoms with Crippen LogP contribution in [0.25, 0.3) is 132 Å². The number of hydrogen-bond donors (Lipinski definition) is 0. The standard InChI is InChI=1S/C68H50GeN2.C67H48GeN2/c1-48-31-33-50(34-32-48)68(52-38-43-65-61(46-52)60-29-17-18-30-64(60)70(65)58-25-13-5-14-26-58)53-39-44-67-63(47-53)62-45-51(37-42-66(62)71(67)59-27-15-6-16-28-59)49-35-40-57(41-36-49)69(54-19-7-2-8-20-54,55-21-9-3-10-22-55)56-23-11-4-12-24-56;1-7-21-49(22-8-1)67(51-38-43-64-60(46-51)59-33-19-20-34-63(59)69(64)57-29-15-5-16-30-57)52-39-44-66-62(47-52)61-45-50(37-42-65(61)70(66)58-31-17-6-18-32-58)48-35-40-56(41-36-48)68(53-23-9-2-10-24-53,54-25-11-3-12-26-54)55-27-13-4-14-28-55/h2-47,68H,1H3;1-47,67H. The molecule has 6 heteroatoms. The first-order valence-electron chi connectivity index (χ1n) is 49.0. The summed E-state index contributed by atoms with van der Waals surface area (Å²) in [6.07, 6.45) is 0. The van der Waals surface area contributed by atoms with E-state index < -0.39 is 26.5 Å². The van der Waals surface area contributed by atoms with Gasteiger partial charge in [0.25, 0.3) is 0 Å². The maximum atomic E-state index is 2.48. The molecule has 26 aromatic rings. The number of rotatable bonds is 20. The number of nitrogens with zero attached hydrogens (tertiary/aromatic N) is 4. The molecule has 0 spiro atoms. The van der Waals surface area contributed by atoms with Crippen molar-refractivity contribution in [2.24, 2.45) is 0 Å². The van der Waals surface area contributed by atoms with E-state index in [0.29, 0.717) is 0 Å². The Morgan fingerprint density at radius 2 is 0.333 bits per heavy atom. The van der Waals surface area contributed by atoms with Crippen LogP contribution < -0.4 is 35.2 Å². The van der Waals surface area contributed by atoms with Crippen molar-refractivity contribution in [2.45, 2.75) is 18.8 Å². The fraction of sp³-hybridized carbons (Fsp3) is 0.0222. The van der Waals surface area contributed by atoms with Crippen LogP contribution >= 0.6 is 0 Å². The van der Waals surface area contributed by atoms with E-state index in [-0.39, 0.29) is 11.8 Å². The van der Waals surface area contributed by atoms with E-state index >= 15 is 0 Å².